The maximum Gasteiger partial charge on any atom is 0.331 e. The van der Waals surface area contributed by atoms with Crippen LogP contribution >= 0.6 is 15.9 Å². The summed E-state index contributed by atoms with van der Waals surface area (Å²) >= 11 is 3.41. The molecule has 0 saturated heterocycles. The molecule has 0 aromatic heterocycles. The Balaban J connectivity index is 1.99. The molecule has 2 aromatic carbocycles. The van der Waals surface area contributed by atoms with E-state index in [1.807, 2.05) is 57.2 Å². The number of benzene rings is 2. The topological polar surface area (TPSA) is 55.4 Å². The highest BCUT2D eigenvalue weighted by atomic mass is 79.9. The molecule has 0 aliphatic heterocycles. The molecule has 0 saturated carbocycles. The van der Waals surface area contributed by atoms with Crippen molar-refractivity contribution in [3.05, 3.63) is 69.2 Å². The van der Waals surface area contributed by atoms with Gasteiger partial charge in [0.2, 0.25) is 0 Å². The van der Waals surface area contributed by atoms with E-state index < -0.39 is 12.1 Å². The van der Waals surface area contributed by atoms with E-state index in [1.165, 1.54) is 6.08 Å². The molecule has 136 valence electrons. The summed E-state index contributed by atoms with van der Waals surface area (Å²) < 4.78 is 6.07. The number of hydrogen-bond donors (Lipinski definition) is 1. The summed E-state index contributed by atoms with van der Waals surface area (Å²) in [6, 6.07) is 11.5. The third-order valence-corrected chi connectivity index (χ3v) is 4.61. The van der Waals surface area contributed by atoms with E-state index in [9.17, 15) is 9.59 Å². The average molecular weight is 416 g/mol. The minimum Gasteiger partial charge on any atom is -0.449 e. The summed E-state index contributed by atoms with van der Waals surface area (Å²) in [5, 5.41) is 2.85. The SMILES string of the molecule is Cc1cc(C)c(NC(=O)[C@@H](C)OC(=O)/C=C/c2ccccc2Br)c(C)c1. The molecular formula is C21H22BrNO3. The predicted molar refractivity (Wildman–Crippen MR) is 108 cm³/mol. The normalized spacial score (nSPS) is 12.0. The lowest BCUT2D eigenvalue weighted by Crippen LogP contribution is -2.30. The third kappa shape index (κ3) is 5.30. The molecule has 5 heteroatoms. The quantitative estimate of drug-likeness (QED) is 0.554. The minimum atomic E-state index is -0.897. The number of amides is 1. The molecule has 1 N–H and O–H groups in total. The monoisotopic (exact) mass is 415 g/mol. The van der Waals surface area contributed by atoms with Crippen LogP contribution in [-0.2, 0) is 14.3 Å². The Labute approximate surface area is 162 Å². The van der Waals surface area contributed by atoms with Gasteiger partial charge in [0.05, 0.1) is 0 Å². The van der Waals surface area contributed by atoms with Crippen molar-refractivity contribution < 1.29 is 14.3 Å². The second-order valence-corrected chi connectivity index (χ2v) is 7.05. The van der Waals surface area contributed by atoms with Crippen LogP contribution in [-0.4, -0.2) is 18.0 Å². The molecule has 0 heterocycles. The second-order valence-electron chi connectivity index (χ2n) is 6.20. The Hall–Kier alpha value is -2.40. The Morgan fingerprint density at radius 1 is 1.12 bits per heavy atom. The molecule has 0 bridgehead atoms. The molecule has 26 heavy (non-hydrogen) atoms. The molecule has 0 radical (unpaired) electrons. The summed E-state index contributed by atoms with van der Waals surface area (Å²) in [4.78, 5) is 24.3. The van der Waals surface area contributed by atoms with Gasteiger partial charge in [0, 0.05) is 16.2 Å². The Morgan fingerprint density at radius 3 is 2.35 bits per heavy atom. The summed E-state index contributed by atoms with van der Waals surface area (Å²) in [6.07, 6.45) is 2.06. The third-order valence-electron chi connectivity index (χ3n) is 3.89. The van der Waals surface area contributed by atoms with Crippen LogP contribution in [0.3, 0.4) is 0 Å². The molecule has 0 fully saturated rings. The van der Waals surface area contributed by atoms with E-state index in [4.69, 9.17) is 4.74 Å². The van der Waals surface area contributed by atoms with Crippen LogP contribution in [0.4, 0.5) is 5.69 Å². The molecule has 1 amide bonds. The number of hydrogen-bond acceptors (Lipinski definition) is 3. The molecule has 0 spiro atoms. The van der Waals surface area contributed by atoms with Crippen LogP contribution in [0, 0.1) is 20.8 Å². The summed E-state index contributed by atoms with van der Waals surface area (Å²) in [7, 11) is 0. The van der Waals surface area contributed by atoms with Crippen LogP contribution in [0.2, 0.25) is 0 Å². The van der Waals surface area contributed by atoms with Crippen molar-refractivity contribution in [3.8, 4) is 0 Å². The highest BCUT2D eigenvalue weighted by Gasteiger charge is 2.18. The Morgan fingerprint density at radius 2 is 1.73 bits per heavy atom. The minimum absolute atomic E-state index is 0.359. The first-order chi connectivity index (χ1) is 12.3. The average Bonchev–Trinajstić information content (AvgIpc) is 2.57. The molecule has 0 unspecified atom stereocenters. The summed E-state index contributed by atoms with van der Waals surface area (Å²) in [5.74, 6) is -0.927. The van der Waals surface area contributed by atoms with Crippen molar-refractivity contribution in [3.63, 3.8) is 0 Å². The number of esters is 1. The van der Waals surface area contributed by atoms with Crippen molar-refractivity contribution in [2.45, 2.75) is 33.8 Å². The van der Waals surface area contributed by atoms with Gasteiger partial charge in [0.25, 0.3) is 5.91 Å². The zero-order chi connectivity index (χ0) is 19.3. The van der Waals surface area contributed by atoms with Gasteiger partial charge < -0.3 is 10.1 Å². The molecule has 2 rings (SSSR count). The van der Waals surface area contributed by atoms with Crippen molar-refractivity contribution in [1.82, 2.24) is 0 Å². The van der Waals surface area contributed by atoms with E-state index in [1.54, 1.807) is 13.0 Å². The molecule has 2 aromatic rings. The fraction of sp³-hybridized carbons (Fsp3) is 0.238. The Kier molecular flexibility index (Phi) is 6.75. The van der Waals surface area contributed by atoms with Gasteiger partial charge in [-0.2, -0.15) is 0 Å². The second kappa shape index (κ2) is 8.81. The largest absolute Gasteiger partial charge is 0.449 e. The number of aryl methyl sites for hydroxylation is 3. The van der Waals surface area contributed by atoms with Crippen LogP contribution in [0.1, 0.15) is 29.2 Å². The zero-order valence-electron chi connectivity index (χ0n) is 15.3. The van der Waals surface area contributed by atoms with E-state index in [0.29, 0.717) is 0 Å². The molecule has 1 atom stereocenters. The van der Waals surface area contributed by atoms with Gasteiger partial charge in [-0.3, -0.25) is 4.79 Å². The fourth-order valence-corrected chi connectivity index (χ4v) is 3.05. The zero-order valence-corrected chi connectivity index (χ0v) is 16.9. The number of carbonyl (C=O) groups is 2. The molecule has 0 aliphatic carbocycles. The van der Waals surface area contributed by atoms with Crippen LogP contribution < -0.4 is 5.32 Å². The van der Waals surface area contributed by atoms with E-state index in [-0.39, 0.29) is 5.91 Å². The van der Waals surface area contributed by atoms with E-state index >= 15 is 0 Å². The van der Waals surface area contributed by atoms with Gasteiger partial charge in [0.15, 0.2) is 6.10 Å². The van der Waals surface area contributed by atoms with E-state index in [2.05, 4.69) is 21.2 Å². The van der Waals surface area contributed by atoms with Crippen LogP contribution in [0.25, 0.3) is 6.08 Å². The van der Waals surface area contributed by atoms with Crippen LogP contribution in [0.5, 0.6) is 0 Å². The lowest BCUT2D eigenvalue weighted by molar-refractivity contribution is -0.148. The Bertz CT molecular complexity index is 835. The highest BCUT2D eigenvalue weighted by molar-refractivity contribution is 9.10. The highest BCUT2D eigenvalue weighted by Crippen LogP contribution is 2.22. The number of ether oxygens (including phenoxy) is 1. The summed E-state index contributed by atoms with van der Waals surface area (Å²) in [6.45, 7) is 7.44. The predicted octanol–water partition coefficient (Wildman–Crippen LogP) is 4.96. The smallest absolute Gasteiger partial charge is 0.331 e. The van der Waals surface area contributed by atoms with Gasteiger partial charge in [-0.15, -0.1) is 0 Å². The van der Waals surface area contributed by atoms with Gasteiger partial charge in [-0.25, -0.2) is 4.79 Å². The standard InChI is InChI=1S/C21H22BrNO3/c1-13-11-14(2)20(15(3)12-13)23-21(25)16(4)26-19(24)10-9-17-7-5-6-8-18(17)22/h5-12,16H,1-4H3,(H,23,25)/b10-9+/t16-/m1/s1. The fourth-order valence-electron chi connectivity index (χ4n) is 2.64. The van der Waals surface area contributed by atoms with Crippen molar-refractivity contribution in [2.75, 3.05) is 5.32 Å². The van der Waals surface area contributed by atoms with Crippen LogP contribution in [0.15, 0.2) is 46.9 Å². The molecule has 0 aliphatic rings. The van der Waals surface area contributed by atoms with Crippen molar-refractivity contribution in [1.29, 1.82) is 0 Å². The first-order valence-electron chi connectivity index (χ1n) is 8.30. The first kappa shape index (κ1) is 19.9. The molecule has 4 nitrogen and oxygen atoms in total. The van der Waals surface area contributed by atoms with E-state index in [0.717, 1.165) is 32.4 Å². The number of rotatable bonds is 5. The van der Waals surface area contributed by atoms with Gasteiger partial charge >= 0.3 is 5.97 Å². The lowest BCUT2D eigenvalue weighted by Gasteiger charge is -2.16. The number of nitrogens with one attached hydrogen (secondary N) is 1. The first-order valence-corrected chi connectivity index (χ1v) is 9.09. The number of carbonyl (C=O) groups excluding carboxylic acids is 2. The molecular weight excluding hydrogens is 394 g/mol. The van der Waals surface area contributed by atoms with Crippen molar-refractivity contribution >= 4 is 39.6 Å². The number of halogens is 1. The van der Waals surface area contributed by atoms with Gasteiger partial charge in [-0.1, -0.05) is 51.8 Å². The maximum atomic E-state index is 12.3. The summed E-state index contributed by atoms with van der Waals surface area (Å²) in [5.41, 5.74) is 4.70. The maximum absolute atomic E-state index is 12.3. The number of anilines is 1. The lowest BCUT2D eigenvalue weighted by atomic mass is 10.0. The van der Waals surface area contributed by atoms with Gasteiger partial charge in [0.1, 0.15) is 0 Å². The van der Waals surface area contributed by atoms with Crippen molar-refractivity contribution in [2.24, 2.45) is 0 Å². The van der Waals surface area contributed by atoms with Gasteiger partial charge in [-0.05, 0) is 56.5 Å².